The monoisotopic (exact) mass is 342 g/mol. The second kappa shape index (κ2) is 6.95. The zero-order valence-electron chi connectivity index (χ0n) is 13.5. The zero-order valence-corrected chi connectivity index (χ0v) is 13.5. The number of para-hydroxylation sites is 1. The molecule has 3 rings (SSSR count). The number of aromatic nitrogens is 3. The van der Waals surface area contributed by atoms with Crippen molar-refractivity contribution >= 4 is 16.9 Å². The summed E-state index contributed by atoms with van der Waals surface area (Å²) >= 11 is 0. The van der Waals surface area contributed by atoms with Crippen molar-refractivity contribution in [3.05, 3.63) is 52.1 Å². The number of rotatable bonds is 5. The van der Waals surface area contributed by atoms with E-state index < -0.39 is 11.5 Å². The SMILES string of the molecule is COc1nc(CNC(=O)c2cc3ccccc3oc2=O)nc(OC)n1. The van der Waals surface area contributed by atoms with E-state index in [-0.39, 0.29) is 30.0 Å². The standard InChI is InChI=1S/C16H14N4O5/c1-23-15-18-12(19-16(20-15)24-2)8-17-13(21)10-7-9-5-3-4-6-11(9)25-14(10)22/h3-7H,8H2,1-2H3,(H,17,21). The minimum Gasteiger partial charge on any atom is -0.467 e. The van der Waals surface area contributed by atoms with Gasteiger partial charge in [0.1, 0.15) is 11.1 Å². The molecular weight excluding hydrogens is 328 g/mol. The largest absolute Gasteiger partial charge is 0.467 e. The molecule has 0 aliphatic rings. The molecule has 0 bridgehead atoms. The number of carbonyl (C=O) groups is 1. The van der Waals surface area contributed by atoms with Crippen molar-refractivity contribution in [1.82, 2.24) is 20.3 Å². The summed E-state index contributed by atoms with van der Waals surface area (Å²) in [6, 6.07) is 8.52. The number of nitrogens with one attached hydrogen (secondary N) is 1. The van der Waals surface area contributed by atoms with Crippen LogP contribution in [-0.4, -0.2) is 35.1 Å². The van der Waals surface area contributed by atoms with E-state index in [1.807, 2.05) is 0 Å². The van der Waals surface area contributed by atoms with Crippen molar-refractivity contribution < 1.29 is 18.7 Å². The Kier molecular flexibility index (Phi) is 4.55. The molecule has 128 valence electrons. The lowest BCUT2D eigenvalue weighted by atomic mass is 10.2. The Morgan fingerprint density at radius 2 is 1.80 bits per heavy atom. The van der Waals surface area contributed by atoms with Crippen LogP contribution in [0.3, 0.4) is 0 Å². The van der Waals surface area contributed by atoms with Gasteiger partial charge in [-0.15, -0.1) is 4.98 Å². The number of hydrogen-bond donors (Lipinski definition) is 1. The lowest BCUT2D eigenvalue weighted by molar-refractivity contribution is 0.0946. The molecule has 0 saturated carbocycles. The quantitative estimate of drug-likeness (QED) is 0.681. The molecule has 0 aliphatic heterocycles. The third-order valence-electron chi connectivity index (χ3n) is 3.30. The number of fused-ring (bicyclic) bond motifs is 1. The number of ether oxygens (including phenoxy) is 2. The molecule has 0 fully saturated rings. The molecule has 0 spiro atoms. The first-order valence-corrected chi connectivity index (χ1v) is 7.24. The summed E-state index contributed by atoms with van der Waals surface area (Å²) < 4.78 is 15.0. The maximum atomic E-state index is 12.3. The molecule has 2 heterocycles. The van der Waals surface area contributed by atoms with Crippen molar-refractivity contribution in [2.75, 3.05) is 14.2 Å². The average molecular weight is 342 g/mol. The van der Waals surface area contributed by atoms with E-state index in [4.69, 9.17) is 13.9 Å². The van der Waals surface area contributed by atoms with Crippen molar-refractivity contribution in [2.24, 2.45) is 0 Å². The highest BCUT2D eigenvalue weighted by Gasteiger charge is 2.15. The Morgan fingerprint density at radius 1 is 1.12 bits per heavy atom. The molecule has 0 unspecified atom stereocenters. The first-order chi connectivity index (χ1) is 12.1. The maximum Gasteiger partial charge on any atom is 0.349 e. The summed E-state index contributed by atoms with van der Waals surface area (Å²) in [4.78, 5) is 36.1. The molecule has 0 atom stereocenters. The lowest BCUT2D eigenvalue weighted by Gasteiger charge is -2.07. The lowest BCUT2D eigenvalue weighted by Crippen LogP contribution is -2.28. The third kappa shape index (κ3) is 3.55. The molecule has 25 heavy (non-hydrogen) atoms. The van der Waals surface area contributed by atoms with Crippen LogP contribution >= 0.6 is 0 Å². The van der Waals surface area contributed by atoms with E-state index in [1.165, 1.54) is 20.3 Å². The molecule has 0 aliphatic carbocycles. The van der Waals surface area contributed by atoms with Gasteiger partial charge in [0.25, 0.3) is 5.91 Å². The van der Waals surface area contributed by atoms with Gasteiger partial charge in [-0.05, 0) is 12.1 Å². The number of amides is 1. The van der Waals surface area contributed by atoms with E-state index in [1.54, 1.807) is 24.3 Å². The second-order valence-corrected chi connectivity index (χ2v) is 4.89. The zero-order chi connectivity index (χ0) is 17.8. The van der Waals surface area contributed by atoms with Gasteiger partial charge in [0, 0.05) is 5.39 Å². The Hall–Kier alpha value is -3.49. The van der Waals surface area contributed by atoms with Crippen molar-refractivity contribution in [3.8, 4) is 12.0 Å². The fourth-order valence-electron chi connectivity index (χ4n) is 2.11. The van der Waals surface area contributed by atoms with Crippen LogP contribution in [0.25, 0.3) is 11.0 Å². The Morgan fingerprint density at radius 3 is 2.48 bits per heavy atom. The number of nitrogens with zero attached hydrogens (tertiary/aromatic N) is 3. The van der Waals surface area contributed by atoms with Crippen LogP contribution in [0.4, 0.5) is 0 Å². The molecule has 1 aromatic carbocycles. The smallest absolute Gasteiger partial charge is 0.349 e. The highest BCUT2D eigenvalue weighted by molar-refractivity contribution is 5.96. The molecule has 3 aromatic rings. The van der Waals surface area contributed by atoms with Crippen LogP contribution < -0.4 is 20.4 Å². The maximum absolute atomic E-state index is 12.3. The first-order valence-electron chi connectivity index (χ1n) is 7.24. The van der Waals surface area contributed by atoms with Gasteiger partial charge in [-0.2, -0.15) is 9.97 Å². The van der Waals surface area contributed by atoms with Crippen LogP contribution in [0.5, 0.6) is 12.0 Å². The highest BCUT2D eigenvalue weighted by atomic mass is 16.5. The molecule has 0 radical (unpaired) electrons. The fourth-order valence-corrected chi connectivity index (χ4v) is 2.11. The van der Waals surface area contributed by atoms with Crippen LogP contribution in [0.15, 0.2) is 39.5 Å². The molecule has 1 N–H and O–H groups in total. The summed E-state index contributed by atoms with van der Waals surface area (Å²) in [5, 5.41) is 3.21. The number of methoxy groups -OCH3 is 2. The van der Waals surface area contributed by atoms with Crippen LogP contribution in [-0.2, 0) is 6.54 Å². The minimum absolute atomic E-state index is 0.0413. The second-order valence-electron chi connectivity index (χ2n) is 4.89. The summed E-state index contributed by atoms with van der Waals surface area (Å²) in [6.07, 6.45) is 0. The molecule has 0 saturated heterocycles. The van der Waals surface area contributed by atoms with Gasteiger partial charge in [-0.1, -0.05) is 18.2 Å². The Balaban J connectivity index is 1.81. The van der Waals surface area contributed by atoms with Gasteiger partial charge in [0.2, 0.25) is 0 Å². The molecule has 9 nitrogen and oxygen atoms in total. The van der Waals surface area contributed by atoms with Gasteiger partial charge in [0.05, 0.1) is 20.8 Å². The predicted octanol–water partition coefficient (Wildman–Crippen LogP) is 0.925. The summed E-state index contributed by atoms with van der Waals surface area (Å²) in [6.45, 7) is -0.0413. The predicted molar refractivity (Wildman–Crippen MR) is 86.6 cm³/mol. The highest BCUT2D eigenvalue weighted by Crippen LogP contribution is 2.13. The molecule has 1 amide bonds. The van der Waals surface area contributed by atoms with Crippen LogP contribution in [0.1, 0.15) is 16.2 Å². The van der Waals surface area contributed by atoms with Crippen molar-refractivity contribution in [1.29, 1.82) is 0 Å². The summed E-state index contributed by atoms with van der Waals surface area (Å²) in [5.74, 6) is -0.375. The normalized spacial score (nSPS) is 10.5. The number of benzene rings is 1. The van der Waals surface area contributed by atoms with Gasteiger partial charge in [-0.25, -0.2) is 4.79 Å². The van der Waals surface area contributed by atoms with Gasteiger partial charge in [-0.3, -0.25) is 4.79 Å². The Bertz CT molecular complexity index is 963. The number of carbonyl (C=O) groups excluding carboxylic acids is 1. The summed E-state index contributed by atoms with van der Waals surface area (Å²) in [5.41, 5.74) is -0.412. The van der Waals surface area contributed by atoms with Crippen LogP contribution in [0, 0.1) is 0 Å². The molecule has 9 heteroatoms. The van der Waals surface area contributed by atoms with E-state index in [9.17, 15) is 9.59 Å². The first kappa shape index (κ1) is 16.4. The van der Waals surface area contributed by atoms with E-state index in [0.717, 1.165) is 0 Å². The van der Waals surface area contributed by atoms with Crippen LogP contribution in [0.2, 0.25) is 0 Å². The van der Waals surface area contributed by atoms with Gasteiger partial charge < -0.3 is 19.2 Å². The van der Waals surface area contributed by atoms with Crippen molar-refractivity contribution in [3.63, 3.8) is 0 Å². The minimum atomic E-state index is -0.720. The topological polar surface area (TPSA) is 116 Å². The number of hydrogen-bond acceptors (Lipinski definition) is 8. The van der Waals surface area contributed by atoms with Crippen molar-refractivity contribution in [2.45, 2.75) is 6.54 Å². The fraction of sp³-hybridized carbons (Fsp3) is 0.188. The van der Waals surface area contributed by atoms with Gasteiger partial charge >= 0.3 is 17.6 Å². The molecular formula is C16H14N4O5. The van der Waals surface area contributed by atoms with E-state index in [0.29, 0.717) is 11.0 Å². The van der Waals surface area contributed by atoms with E-state index in [2.05, 4.69) is 20.3 Å². The molecule has 2 aromatic heterocycles. The Labute approximate surface area is 141 Å². The average Bonchev–Trinajstić information content (AvgIpc) is 2.65. The van der Waals surface area contributed by atoms with Gasteiger partial charge in [0.15, 0.2) is 5.82 Å². The summed E-state index contributed by atoms with van der Waals surface area (Å²) in [7, 11) is 2.80. The third-order valence-corrected chi connectivity index (χ3v) is 3.30. The van der Waals surface area contributed by atoms with E-state index >= 15 is 0 Å².